The van der Waals surface area contributed by atoms with Crippen LogP contribution in [0.25, 0.3) is 0 Å². The molecule has 0 aromatic carbocycles. The Hall–Kier alpha value is -0.320. The largest absolute Gasteiger partial charge is 0.466 e. The summed E-state index contributed by atoms with van der Waals surface area (Å²) in [5.41, 5.74) is 5.94. The number of furan rings is 1. The summed E-state index contributed by atoms with van der Waals surface area (Å²) in [5, 5.41) is 0. The zero-order chi connectivity index (χ0) is 12.4. The highest BCUT2D eigenvalue weighted by Gasteiger charge is 2.31. The molecule has 3 unspecified atom stereocenters. The van der Waals surface area contributed by atoms with E-state index in [0.717, 1.165) is 22.7 Å². The van der Waals surface area contributed by atoms with Gasteiger partial charge in [0.1, 0.15) is 5.76 Å². The molecule has 0 aliphatic carbocycles. The third-order valence-electron chi connectivity index (χ3n) is 3.76. The Labute approximate surface area is 111 Å². The number of piperidine rings is 1. The fourth-order valence-corrected chi connectivity index (χ4v) is 3.29. The van der Waals surface area contributed by atoms with E-state index in [1.807, 2.05) is 6.07 Å². The Bertz CT molecular complexity index is 366. The van der Waals surface area contributed by atoms with Gasteiger partial charge < -0.3 is 10.2 Å². The van der Waals surface area contributed by atoms with Crippen molar-refractivity contribution in [2.75, 3.05) is 13.1 Å². The number of nitrogens with zero attached hydrogens (tertiary/aromatic N) is 1. The molecule has 1 fully saturated rings. The molecule has 17 heavy (non-hydrogen) atoms. The molecule has 2 N–H and O–H groups in total. The lowest BCUT2D eigenvalue weighted by Gasteiger charge is -2.40. The first-order valence-electron chi connectivity index (χ1n) is 6.32. The van der Waals surface area contributed by atoms with E-state index in [9.17, 15) is 0 Å². The molecule has 1 aromatic heterocycles. The van der Waals surface area contributed by atoms with Gasteiger partial charge in [0.25, 0.3) is 0 Å². The van der Waals surface area contributed by atoms with Crippen molar-refractivity contribution in [1.29, 1.82) is 0 Å². The molecule has 0 bridgehead atoms. The zero-order valence-corrected chi connectivity index (χ0v) is 12.1. The first-order chi connectivity index (χ1) is 8.13. The molecule has 2 rings (SSSR count). The molecule has 3 atom stereocenters. The van der Waals surface area contributed by atoms with Crippen LogP contribution in [-0.4, -0.2) is 24.0 Å². The minimum absolute atomic E-state index is 0.196. The highest BCUT2D eigenvalue weighted by molar-refractivity contribution is 9.10. The second-order valence-corrected chi connectivity index (χ2v) is 5.96. The van der Waals surface area contributed by atoms with E-state index in [2.05, 4.69) is 34.7 Å². The summed E-state index contributed by atoms with van der Waals surface area (Å²) in [6.07, 6.45) is 4.22. The van der Waals surface area contributed by atoms with Gasteiger partial charge in [0.05, 0.1) is 16.8 Å². The van der Waals surface area contributed by atoms with Gasteiger partial charge in [-0.1, -0.05) is 6.92 Å². The van der Waals surface area contributed by atoms with Crippen LogP contribution in [0.4, 0.5) is 0 Å². The second-order valence-electron chi connectivity index (χ2n) is 5.10. The van der Waals surface area contributed by atoms with Gasteiger partial charge in [0.15, 0.2) is 0 Å². The molecule has 0 saturated carbocycles. The molecule has 96 valence electrons. The number of hydrogen-bond donors (Lipinski definition) is 1. The van der Waals surface area contributed by atoms with Crippen molar-refractivity contribution in [2.24, 2.45) is 11.7 Å². The third kappa shape index (κ3) is 2.75. The summed E-state index contributed by atoms with van der Waals surface area (Å²) in [6, 6.07) is 2.71. The molecule has 1 aromatic rings. The Morgan fingerprint density at radius 3 is 2.88 bits per heavy atom. The molecule has 2 heterocycles. The lowest BCUT2D eigenvalue weighted by atomic mass is 9.91. The van der Waals surface area contributed by atoms with Crippen LogP contribution in [0.15, 0.2) is 21.2 Å². The summed E-state index contributed by atoms with van der Waals surface area (Å²) in [5.74, 6) is 1.79. The second kappa shape index (κ2) is 5.55. The van der Waals surface area contributed by atoms with E-state index < -0.39 is 0 Å². The lowest BCUT2D eigenvalue weighted by molar-refractivity contribution is 0.0738. The smallest absolute Gasteiger partial charge is 0.136 e. The lowest BCUT2D eigenvalue weighted by Crippen LogP contribution is -2.44. The zero-order valence-electron chi connectivity index (χ0n) is 10.5. The topological polar surface area (TPSA) is 42.4 Å². The van der Waals surface area contributed by atoms with Crippen molar-refractivity contribution in [3.63, 3.8) is 0 Å². The monoisotopic (exact) mass is 300 g/mol. The quantitative estimate of drug-likeness (QED) is 0.932. The van der Waals surface area contributed by atoms with E-state index in [0.29, 0.717) is 12.6 Å². The Kier molecular flexibility index (Phi) is 4.28. The summed E-state index contributed by atoms with van der Waals surface area (Å²) >= 11 is 3.53. The molecule has 0 spiro atoms. The van der Waals surface area contributed by atoms with Crippen molar-refractivity contribution in [2.45, 2.75) is 38.8 Å². The normalized spacial score (nSPS) is 28.2. The highest BCUT2D eigenvalue weighted by Crippen LogP contribution is 2.33. The van der Waals surface area contributed by atoms with Gasteiger partial charge in [-0.15, -0.1) is 0 Å². The van der Waals surface area contributed by atoms with Gasteiger partial charge in [-0.3, -0.25) is 4.90 Å². The number of nitrogens with two attached hydrogens (primary N) is 1. The predicted molar refractivity (Wildman–Crippen MR) is 72.8 cm³/mol. The summed E-state index contributed by atoms with van der Waals surface area (Å²) in [7, 11) is 0. The van der Waals surface area contributed by atoms with Crippen LogP contribution in [0.3, 0.4) is 0 Å². The standard InChI is InChI=1S/C13H21BrN2O/c1-9-3-5-16(10(2)7-9)12(8-15)13-11(14)4-6-17-13/h4,6,9-10,12H,3,5,7-8,15H2,1-2H3. The van der Waals surface area contributed by atoms with Crippen LogP contribution in [0, 0.1) is 5.92 Å². The highest BCUT2D eigenvalue weighted by atomic mass is 79.9. The summed E-state index contributed by atoms with van der Waals surface area (Å²) in [4.78, 5) is 2.48. The van der Waals surface area contributed by atoms with Crippen LogP contribution >= 0.6 is 15.9 Å². The predicted octanol–water partition coefficient (Wildman–Crippen LogP) is 3.16. The van der Waals surface area contributed by atoms with Crippen molar-refractivity contribution in [3.8, 4) is 0 Å². The molecular weight excluding hydrogens is 280 g/mol. The Morgan fingerprint density at radius 1 is 1.59 bits per heavy atom. The van der Waals surface area contributed by atoms with Crippen molar-refractivity contribution < 1.29 is 4.42 Å². The van der Waals surface area contributed by atoms with Gasteiger partial charge >= 0.3 is 0 Å². The van der Waals surface area contributed by atoms with E-state index in [4.69, 9.17) is 10.2 Å². The van der Waals surface area contributed by atoms with E-state index in [1.54, 1.807) is 6.26 Å². The number of rotatable bonds is 3. The molecule has 4 heteroatoms. The van der Waals surface area contributed by atoms with Gasteiger partial charge in [-0.25, -0.2) is 0 Å². The minimum atomic E-state index is 0.196. The number of hydrogen-bond acceptors (Lipinski definition) is 3. The summed E-state index contributed by atoms with van der Waals surface area (Å²) < 4.78 is 6.60. The minimum Gasteiger partial charge on any atom is -0.466 e. The molecule has 0 amide bonds. The Balaban J connectivity index is 2.16. The third-order valence-corrected chi connectivity index (χ3v) is 4.42. The van der Waals surface area contributed by atoms with Crippen LogP contribution < -0.4 is 5.73 Å². The molecule has 1 saturated heterocycles. The maximum absolute atomic E-state index is 5.94. The van der Waals surface area contributed by atoms with Crippen LogP contribution in [-0.2, 0) is 0 Å². The fourth-order valence-electron chi connectivity index (χ4n) is 2.82. The van der Waals surface area contributed by atoms with E-state index in [1.165, 1.54) is 12.8 Å². The van der Waals surface area contributed by atoms with Crippen molar-refractivity contribution >= 4 is 15.9 Å². The van der Waals surface area contributed by atoms with E-state index >= 15 is 0 Å². The molecular formula is C13H21BrN2O. The first-order valence-corrected chi connectivity index (χ1v) is 7.11. The number of halogens is 1. The van der Waals surface area contributed by atoms with Gasteiger partial charge in [0.2, 0.25) is 0 Å². The maximum atomic E-state index is 5.94. The van der Waals surface area contributed by atoms with Gasteiger partial charge in [0, 0.05) is 12.6 Å². The Morgan fingerprint density at radius 2 is 2.35 bits per heavy atom. The van der Waals surface area contributed by atoms with Crippen LogP contribution in [0.2, 0.25) is 0 Å². The fraction of sp³-hybridized carbons (Fsp3) is 0.692. The van der Waals surface area contributed by atoms with Gasteiger partial charge in [-0.05, 0) is 54.2 Å². The van der Waals surface area contributed by atoms with Crippen LogP contribution in [0.1, 0.15) is 38.5 Å². The summed E-state index contributed by atoms with van der Waals surface area (Å²) in [6.45, 7) is 6.32. The molecule has 3 nitrogen and oxygen atoms in total. The molecule has 1 aliphatic heterocycles. The molecule has 1 aliphatic rings. The first kappa shape index (κ1) is 13.1. The van der Waals surface area contributed by atoms with Crippen molar-refractivity contribution in [1.82, 2.24) is 4.90 Å². The van der Waals surface area contributed by atoms with Crippen LogP contribution in [0.5, 0.6) is 0 Å². The van der Waals surface area contributed by atoms with Crippen molar-refractivity contribution in [3.05, 3.63) is 22.6 Å². The molecule has 0 radical (unpaired) electrons. The average molecular weight is 301 g/mol. The average Bonchev–Trinajstić information content (AvgIpc) is 2.69. The number of likely N-dealkylation sites (tertiary alicyclic amines) is 1. The maximum Gasteiger partial charge on any atom is 0.136 e. The van der Waals surface area contributed by atoms with E-state index in [-0.39, 0.29) is 6.04 Å². The SMILES string of the molecule is CC1CCN(C(CN)c2occc2Br)C(C)C1. The van der Waals surface area contributed by atoms with Gasteiger partial charge in [-0.2, -0.15) is 0 Å².